The highest BCUT2D eigenvalue weighted by Crippen LogP contribution is 2.04. The molecule has 80 valence electrons. The third kappa shape index (κ3) is 7.66. The van der Waals surface area contributed by atoms with Crippen LogP contribution in [0, 0.1) is 0 Å². The molecule has 0 aliphatic heterocycles. The van der Waals surface area contributed by atoms with Gasteiger partial charge in [0.15, 0.2) is 0 Å². The van der Waals surface area contributed by atoms with Crippen molar-refractivity contribution >= 4 is 0 Å². The molecule has 0 unspecified atom stereocenters. The minimum Gasteiger partial charge on any atom is -0.494 e. The van der Waals surface area contributed by atoms with Crippen molar-refractivity contribution < 1.29 is 4.74 Å². The normalized spacial score (nSPS) is 10.9. The van der Waals surface area contributed by atoms with Gasteiger partial charge in [0, 0.05) is 0 Å². The first-order valence-corrected chi connectivity index (χ1v) is 5.29. The molecule has 0 fully saturated rings. The third-order valence-corrected chi connectivity index (χ3v) is 1.81. The van der Waals surface area contributed by atoms with E-state index in [2.05, 4.69) is 39.5 Å². The molecule has 0 aliphatic carbocycles. The molecule has 0 aromatic heterocycles. The number of rotatable bonds is 7. The summed E-state index contributed by atoms with van der Waals surface area (Å²) in [6.45, 7) is 10.9. The quantitative estimate of drug-likeness (QED) is 0.255. The Morgan fingerprint density at radius 3 is 2.50 bits per heavy atom. The van der Waals surface area contributed by atoms with Crippen LogP contribution in [0.3, 0.4) is 0 Å². The van der Waals surface area contributed by atoms with Crippen molar-refractivity contribution in [1.29, 1.82) is 0 Å². The smallest absolute Gasteiger partial charge is 0.115 e. The summed E-state index contributed by atoms with van der Waals surface area (Å²) in [5.41, 5.74) is 1.33. The highest BCUT2D eigenvalue weighted by Gasteiger charge is 1.90. The van der Waals surface area contributed by atoms with Gasteiger partial charge in [0.1, 0.15) is 5.76 Å². The maximum Gasteiger partial charge on any atom is 0.115 e. The number of hydrogen-bond donors (Lipinski definition) is 0. The highest BCUT2D eigenvalue weighted by atomic mass is 16.5. The molecular formula is C13H22O. The van der Waals surface area contributed by atoms with Crippen LogP contribution in [-0.2, 0) is 4.74 Å². The number of ether oxygens (including phenoxy) is 1. The first-order valence-electron chi connectivity index (χ1n) is 5.29. The van der Waals surface area contributed by atoms with E-state index in [0.717, 1.165) is 25.2 Å². The van der Waals surface area contributed by atoms with Crippen LogP contribution in [0.4, 0.5) is 0 Å². The van der Waals surface area contributed by atoms with E-state index in [4.69, 9.17) is 4.74 Å². The van der Waals surface area contributed by atoms with E-state index in [1.54, 1.807) is 6.08 Å². The Bertz CT molecular complexity index is 207. The van der Waals surface area contributed by atoms with E-state index in [1.807, 2.05) is 0 Å². The Hall–Kier alpha value is -0.980. The molecule has 0 spiro atoms. The SMILES string of the molecule is C=C/C(=C\CC=C(C)C)OCCCC. The molecule has 0 saturated heterocycles. The molecule has 0 N–H and O–H groups in total. The summed E-state index contributed by atoms with van der Waals surface area (Å²) in [7, 11) is 0. The summed E-state index contributed by atoms with van der Waals surface area (Å²) in [5, 5.41) is 0. The molecule has 0 heterocycles. The Morgan fingerprint density at radius 1 is 1.29 bits per heavy atom. The van der Waals surface area contributed by atoms with Crippen molar-refractivity contribution in [2.45, 2.75) is 40.0 Å². The summed E-state index contributed by atoms with van der Waals surface area (Å²) in [5.74, 6) is 0.899. The van der Waals surface area contributed by atoms with Crippen molar-refractivity contribution in [1.82, 2.24) is 0 Å². The molecule has 0 saturated carbocycles. The average Bonchev–Trinajstić information content (AvgIpc) is 2.15. The number of hydrogen-bond acceptors (Lipinski definition) is 1. The van der Waals surface area contributed by atoms with Gasteiger partial charge in [0.05, 0.1) is 6.61 Å². The monoisotopic (exact) mass is 194 g/mol. The lowest BCUT2D eigenvalue weighted by atomic mass is 10.2. The lowest BCUT2D eigenvalue weighted by Crippen LogP contribution is -1.92. The van der Waals surface area contributed by atoms with E-state index >= 15 is 0 Å². The van der Waals surface area contributed by atoms with Gasteiger partial charge in [-0.15, -0.1) is 0 Å². The predicted molar refractivity (Wildman–Crippen MR) is 63.2 cm³/mol. The second kappa shape index (κ2) is 8.61. The van der Waals surface area contributed by atoms with Crippen LogP contribution in [0.25, 0.3) is 0 Å². The van der Waals surface area contributed by atoms with Crippen LogP contribution >= 0.6 is 0 Å². The zero-order valence-electron chi connectivity index (χ0n) is 9.68. The first kappa shape index (κ1) is 13.0. The molecule has 0 aromatic carbocycles. The molecular weight excluding hydrogens is 172 g/mol. The molecule has 14 heavy (non-hydrogen) atoms. The van der Waals surface area contributed by atoms with Gasteiger partial charge in [-0.05, 0) is 38.8 Å². The molecule has 1 heteroatoms. The fourth-order valence-corrected chi connectivity index (χ4v) is 0.946. The summed E-state index contributed by atoms with van der Waals surface area (Å²) in [4.78, 5) is 0. The van der Waals surface area contributed by atoms with Gasteiger partial charge in [-0.1, -0.05) is 31.6 Å². The molecule has 0 amide bonds. The molecule has 0 radical (unpaired) electrons. The lowest BCUT2D eigenvalue weighted by molar-refractivity contribution is 0.218. The predicted octanol–water partition coefficient (Wildman–Crippen LogP) is 4.23. The highest BCUT2D eigenvalue weighted by molar-refractivity contribution is 5.11. The van der Waals surface area contributed by atoms with Crippen LogP contribution in [0.2, 0.25) is 0 Å². The van der Waals surface area contributed by atoms with Crippen molar-refractivity contribution in [3.63, 3.8) is 0 Å². The summed E-state index contributed by atoms with van der Waals surface area (Å²) in [6, 6.07) is 0. The molecule has 0 bridgehead atoms. The van der Waals surface area contributed by atoms with Gasteiger partial charge >= 0.3 is 0 Å². The Labute approximate surface area is 88.2 Å². The van der Waals surface area contributed by atoms with Crippen LogP contribution in [0.5, 0.6) is 0 Å². The van der Waals surface area contributed by atoms with Crippen molar-refractivity contribution in [2.75, 3.05) is 6.61 Å². The third-order valence-electron chi connectivity index (χ3n) is 1.81. The Balaban J connectivity index is 3.87. The standard InChI is InChI=1S/C13H22O/c1-5-7-11-14-13(6-2)10-8-9-12(3)4/h6,9-10H,2,5,7-8,11H2,1,3-4H3/b13-10+. The second-order valence-corrected chi connectivity index (χ2v) is 3.53. The summed E-state index contributed by atoms with van der Waals surface area (Å²) < 4.78 is 5.53. The summed E-state index contributed by atoms with van der Waals surface area (Å²) >= 11 is 0. The van der Waals surface area contributed by atoms with E-state index in [1.165, 1.54) is 12.0 Å². The Kier molecular flexibility index (Phi) is 8.01. The topological polar surface area (TPSA) is 9.23 Å². The second-order valence-electron chi connectivity index (χ2n) is 3.53. The van der Waals surface area contributed by atoms with Gasteiger partial charge in [0.25, 0.3) is 0 Å². The number of unbranched alkanes of at least 4 members (excludes halogenated alkanes) is 1. The molecule has 0 aromatic rings. The fourth-order valence-electron chi connectivity index (χ4n) is 0.946. The molecule has 0 atom stereocenters. The van der Waals surface area contributed by atoms with E-state index in [0.29, 0.717) is 0 Å². The first-order chi connectivity index (χ1) is 6.70. The van der Waals surface area contributed by atoms with E-state index in [-0.39, 0.29) is 0 Å². The van der Waals surface area contributed by atoms with E-state index < -0.39 is 0 Å². The summed E-state index contributed by atoms with van der Waals surface area (Å²) in [6.07, 6.45) is 9.21. The zero-order valence-corrected chi connectivity index (χ0v) is 9.68. The maximum absolute atomic E-state index is 5.53. The number of allylic oxidation sites excluding steroid dienone is 4. The maximum atomic E-state index is 5.53. The lowest BCUT2D eigenvalue weighted by Gasteiger charge is -2.04. The zero-order chi connectivity index (χ0) is 10.8. The van der Waals surface area contributed by atoms with Crippen molar-refractivity contribution in [3.05, 3.63) is 36.1 Å². The Morgan fingerprint density at radius 2 is 2.00 bits per heavy atom. The van der Waals surface area contributed by atoms with Crippen molar-refractivity contribution in [2.24, 2.45) is 0 Å². The fraction of sp³-hybridized carbons (Fsp3) is 0.538. The van der Waals surface area contributed by atoms with Crippen LogP contribution in [-0.4, -0.2) is 6.61 Å². The molecule has 0 rings (SSSR count). The largest absolute Gasteiger partial charge is 0.494 e. The van der Waals surface area contributed by atoms with Gasteiger partial charge in [-0.25, -0.2) is 0 Å². The van der Waals surface area contributed by atoms with Gasteiger partial charge in [-0.3, -0.25) is 0 Å². The van der Waals surface area contributed by atoms with Crippen molar-refractivity contribution in [3.8, 4) is 0 Å². The van der Waals surface area contributed by atoms with Gasteiger partial charge < -0.3 is 4.74 Å². The van der Waals surface area contributed by atoms with Gasteiger partial charge in [0.2, 0.25) is 0 Å². The minimum atomic E-state index is 0.795. The molecule has 0 aliphatic rings. The minimum absolute atomic E-state index is 0.795. The van der Waals surface area contributed by atoms with Crippen LogP contribution in [0.1, 0.15) is 40.0 Å². The van der Waals surface area contributed by atoms with Crippen LogP contribution < -0.4 is 0 Å². The average molecular weight is 194 g/mol. The van der Waals surface area contributed by atoms with Gasteiger partial charge in [-0.2, -0.15) is 0 Å². The van der Waals surface area contributed by atoms with E-state index in [9.17, 15) is 0 Å². The van der Waals surface area contributed by atoms with Crippen LogP contribution in [0.15, 0.2) is 36.1 Å². The molecule has 1 nitrogen and oxygen atoms in total.